The van der Waals surface area contributed by atoms with Gasteiger partial charge in [0.1, 0.15) is 11.8 Å². The van der Waals surface area contributed by atoms with Crippen LogP contribution >= 0.6 is 0 Å². The molecule has 0 spiro atoms. The van der Waals surface area contributed by atoms with E-state index in [1.807, 2.05) is 23.8 Å². The molecule has 0 amide bonds. The zero-order valence-corrected chi connectivity index (χ0v) is 26.6. The fourth-order valence-electron chi connectivity index (χ4n) is 6.52. The molecule has 11 heteroatoms. The van der Waals surface area contributed by atoms with Crippen LogP contribution in [0.25, 0.3) is 16.8 Å². The fraction of sp³-hybridized carbons (Fsp3) is 0.303. The molecule has 0 saturated heterocycles. The van der Waals surface area contributed by atoms with Gasteiger partial charge in [0, 0.05) is 19.2 Å². The number of aryl methyl sites for hydroxylation is 2. The lowest BCUT2D eigenvalue weighted by Crippen LogP contribution is -2.68. The fourth-order valence-corrected chi connectivity index (χ4v) is 11.2. The third-order valence-corrected chi connectivity index (χ3v) is 14.0. The molecule has 0 aliphatic heterocycles. The third kappa shape index (κ3) is 4.54. The van der Waals surface area contributed by atoms with E-state index < -0.39 is 8.32 Å². The molecule has 7 rings (SSSR count). The average Bonchev–Trinajstić information content (AvgIpc) is 3.54. The van der Waals surface area contributed by atoms with Crippen molar-refractivity contribution in [2.24, 2.45) is 7.05 Å². The second kappa shape index (κ2) is 10.5. The van der Waals surface area contributed by atoms with Gasteiger partial charge < -0.3 is 9.74 Å². The van der Waals surface area contributed by atoms with Gasteiger partial charge in [-0.2, -0.15) is 10.1 Å². The van der Waals surface area contributed by atoms with Gasteiger partial charge in [-0.05, 0) is 46.8 Å². The van der Waals surface area contributed by atoms with Crippen molar-refractivity contribution < 1.29 is 4.43 Å². The zero-order valence-electron chi connectivity index (χ0n) is 25.6. The molecule has 10 nitrogen and oxygen atoms in total. The molecule has 4 aromatic heterocycles. The van der Waals surface area contributed by atoms with Crippen molar-refractivity contribution >= 4 is 47.1 Å². The highest BCUT2D eigenvalue weighted by molar-refractivity contribution is 6.99. The van der Waals surface area contributed by atoms with E-state index in [1.165, 1.54) is 16.7 Å². The van der Waals surface area contributed by atoms with E-state index in [2.05, 4.69) is 102 Å². The van der Waals surface area contributed by atoms with Crippen LogP contribution in [0, 0.1) is 6.92 Å². The van der Waals surface area contributed by atoms with Crippen LogP contribution in [0.4, 0.5) is 11.6 Å². The van der Waals surface area contributed by atoms with Gasteiger partial charge in [-0.25, -0.2) is 19.3 Å². The third-order valence-electron chi connectivity index (χ3n) is 8.90. The van der Waals surface area contributed by atoms with Crippen LogP contribution in [0.3, 0.4) is 0 Å². The number of nitrogens with zero attached hydrogens (tertiary/aromatic N) is 7. The van der Waals surface area contributed by atoms with Crippen molar-refractivity contribution in [2.45, 2.75) is 57.7 Å². The van der Waals surface area contributed by atoms with Gasteiger partial charge in [-0.3, -0.25) is 9.13 Å². The minimum absolute atomic E-state index is 0.0185. The maximum atomic E-state index is 13.5. The van der Waals surface area contributed by atoms with Crippen LogP contribution in [0.15, 0.2) is 90.2 Å². The number of rotatable bonds is 7. The van der Waals surface area contributed by atoms with Crippen molar-refractivity contribution in [3.8, 4) is 0 Å². The van der Waals surface area contributed by atoms with Gasteiger partial charge in [0.05, 0.1) is 18.1 Å². The Morgan fingerprint density at radius 2 is 1.64 bits per heavy atom. The molecule has 4 heterocycles. The highest BCUT2D eigenvalue weighted by Gasteiger charge is 2.53. The number of benzene rings is 2. The number of nitrogens with one attached hydrogen (secondary N) is 1. The van der Waals surface area contributed by atoms with E-state index in [4.69, 9.17) is 9.41 Å². The molecule has 0 radical (unpaired) electrons. The van der Waals surface area contributed by atoms with E-state index >= 15 is 0 Å². The van der Waals surface area contributed by atoms with Crippen molar-refractivity contribution in [3.63, 3.8) is 0 Å². The monoisotopic (exact) mass is 604 g/mol. The first-order valence-electron chi connectivity index (χ1n) is 15.0. The van der Waals surface area contributed by atoms with Crippen LogP contribution in [0.5, 0.6) is 0 Å². The average molecular weight is 605 g/mol. The number of hydrogen-bond donors (Lipinski definition) is 1. The highest BCUT2D eigenvalue weighted by Crippen LogP contribution is 2.43. The van der Waals surface area contributed by atoms with Gasteiger partial charge in [-0.15, -0.1) is 0 Å². The molecule has 1 fully saturated rings. The molecule has 1 saturated carbocycles. The van der Waals surface area contributed by atoms with E-state index in [1.54, 1.807) is 22.3 Å². The SMILES string of the molecule is Cc1cc2ncnn2cc1Nc1ncc2c(n1)n(C1CC(O[Si](c3ccccc3)(c3ccccc3)C(C)(C)C)C1)c(=O)n2C. The summed E-state index contributed by atoms with van der Waals surface area (Å²) in [5, 5.41) is 9.95. The van der Waals surface area contributed by atoms with Gasteiger partial charge in [-0.1, -0.05) is 81.4 Å². The summed E-state index contributed by atoms with van der Waals surface area (Å²) in [6.45, 7) is 8.86. The van der Waals surface area contributed by atoms with Crippen LogP contribution in [-0.2, 0) is 11.5 Å². The molecule has 1 N–H and O–H groups in total. The topological polar surface area (TPSA) is 104 Å². The van der Waals surface area contributed by atoms with Crippen molar-refractivity contribution in [1.82, 2.24) is 33.7 Å². The molecule has 2 aromatic carbocycles. The summed E-state index contributed by atoms with van der Waals surface area (Å²) in [6, 6.07) is 23.3. The van der Waals surface area contributed by atoms with Crippen molar-refractivity contribution in [2.75, 3.05) is 5.32 Å². The lowest BCUT2D eigenvalue weighted by molar-refractivity contribution is 0.0615. The normalized spacial score (nSPS) is 17.2. The molecule has 1 aliphatic carbocycles. The summed E-state index contributed by atoms with van der Waals surface area (Å²) >= 11 is 0. The summed E-state index contributed by atoms with van der Waals surface area (Å²) in [6.07, 6.45) is 6.58. The van der Waals surface area contributed by atoms with E-state index in [9.17, 15) is 4.79 Å². The standard InChI is InChI=1S/C33H36N8O2Si/c1-22-16-29-35-21-36-40(29)20-27(22)37-31-34-19-28-30(38-31)41(32(42)39(28)5)23-17-24(18-23)43-44(33(2,3)4,25-12-8-6-9-13-25)26-14-10-7-11-15-26/h6-16,19-21,23-24H,17-18H2,1-5H3,(H,34,37,38). The van der Waals surface area contributed by atoms with Gasteiger partial charge in [0.15, 0.2) is 11.3 Å². The maximum Gasteiger partial charge on any atom is 0.330 e. The summed E-state index contributed by atoms with van der Waals surface area (Å²) < 4.78 is 12.5. The molecular formula is C33H36N8O2Si. The Morgan fingerprint density at radius 3 is 2.27 bits per heavy atom. The highest BCUT2D eigenvalue weighted by atomic mass is 28.4. The molecule has 1 aliphatic rings. The summed E-state index contributed by atoms with van der Waals surface area (Å²) in [4.78, 5) is 27.2. The Balaban J connectivity index is 1.20. The van der Waals surface area contributed by atoms with Gasteiger partial charge in [0.2, 0.25) is 5.95 Å². The molecular weight excluding hydrogens is 569 g/mol. The number of fused-ring (bicyclic) bond motifs is 2. The van der Waals surface area contributed by atoms with Crippen molar-refractivity contribution in [1.29, 1.82) is 0 Å². The zero-order chi connectivity index (χ0) is 30.6. The number of pyridine rings is 1. The predicted molar refractivity (Wildman–Crippen MR) is 175 cm³/mol. The second-order valence-electron chi connectivity index (χ2n) is 12.7. The van der Waals surface area contributed by atoms with E-state index in [-0.39, 0.29) is 22.9 Å². The van der Waals surface area contributed by atoms with Crippen LogP contribution in [0.1, 0.15) is 45.2 Å². The Morgan fingerprint density at radius 1 is 0.977 bits per heavy atom. The minimum Gasteiger partial charge on any atom is -0.404 e. The maximum absolute atomic E-state index is 13.5. The van der Waals surface area contributed by atoms with E-state index in [0.717, 1.165) is 29.7 Å². The predicted octanol–water partition coefficient (Wildman–Crippen LogP) is 4.50. The Hall–Kier alpha value is -4.61. The molecule has 44 heavy (non-hydrogen) atoms. The quantitative estimate of drug-likeness (QED) is 0.268. The first kappa shape index (κ1) is 28.2. The van der Waals surface area contributed by atoms with Gasteiger partial charge >= 0.3 is 5.69 Å². The molecule has 0 atom stereocenters. The number of hydrogen-bond acceptors (Lipinski definition) is 7. The molecule has 0 unspecified atom stereocenters. The Bertz CT molecular complexity index is 1980. The van der Waals surface area contributed by atoms with Crippen LogP contribution in [0.2, 0.25) is 5.04 Å². The molecule has 224 valence electrons. The van der Waals surface area contributed by atoms with Gasteiger partial charge in [0.25, 0.3) is 8.32 Å². The number of imidazole rings is 1. The molecule has 6 aromatic rings. The Labute approximate surface area is 256 Å². The Kier molecular flexibility index (Phi) is 6.74. The lowest BCUT2D eigenvalue weighted by atomic mass is 9.89. The van der Waals surface area contributed by atoms with Crippen molar-refractivity contribution in [3.05, 3.63) is 101 Å². The van der Waals surface area contributed by atoms with Crippen LogP contribution < -0.4 is 21.4 Å². The largest absolute Gasteiger partial charge is 0.404 e. The first-order valence-corrected chi connectivity index (χ1v) is 16.9. The van der Waals surface area contributed by atoms with Crippen LogP contribution in [-0.4, -0.2) is 48.1 Å². The smallest absolute Gasteiger partial charge is 0.330 e. The minimum atomic E-state index is -2.69. The number of anilines is 2. The summed E-state index contributed by atoms with van der Waals surface area (Å²) in [5.74, 6) is 0.416. The number of aromatic nitrogens is 7. The first-order chi connectivity index (χ1) is 21.2. The van der Waals surface area contributed by atoms with E-state index in [0.29, 0.717) is 17.1 Å². The summed E-state index contributed by atoms with van der Waals surface area (Å²) in [5.41, 5.74) is 3.78. The lowest BCUT2D eigenvalue weighted by Gasteiger charge is -2.48. The summed E-state index contributed by atoms with van der Waals surface area (Å²) in [7, 11) is -0.913. The molecule has 0 bridgehead atoms. The second-order valence-corrected chi connectivity index (χ2v) is 17.0.